The Hall–Kier alpha value is -2.19. The van der Waals surface area contributed by atoms with Crippen LogP contribution >= 0.6 is 11.8 Å². The standard InChI is InChI=1S/C20H25N3OS/c1-6-20(7-2,8-3)22-18(24)14-25-19-21-12-13-23(19)17-11-9-10-15(4)16(17)5/h1,9-13H,7-8,14H2,2-5H3,(H,22,24). The molecule has 1 aromatic carbocycles. The summed E-state index contributed by atoms with van der Waals surface area (Å²) in [6.45, 7) is 8.16. The predicted molar refractivity (Wildman–Crippen MR) is 104 cm³/mol. The van der Waals surface area contributed by atoms with Crippen LogP contribution < -0.4 is 5.32 Å². The van der Waals surface area contributed by atoms with Gasteiger partial charge in [-0.2, -0.15) is 0 Å². The first-order chi connectivity index (χ1) is 12.0. The number of carbonyl (C=O) groups excluding carboxylic acids is 1. The minimum Gasteiger partial charge on any atom is -0.339 e. The molecule has 1 N–H and O–H groups in total. The number of imidazole rings is 1. The number of aromatic nitrogens is 2. The van der Waals surface area contributed by atoms with Gasteiger partial charge in [-0.25, -0.2) is 4.98 Å². The maximum atomic E-state index is 12.3. The summed E-state index contributed by atoms with van der Waals surface area (Å²) in [6, 6.07) is 6.18. The molecule has 2 aromatic rings. The Morgan fingerprint density at radius 1 is 1.36 bits per heavy atom. The number of amides is 1. The zero-order valence-corrected chi connectivity index (χ0v) is 16.1. The Morgan fingerprint density at radius 3 is 2.72 bits per heavy atom. The maximum Gasteiger partial charge on any atom is 0.231 e. The molecule has 132 valence electrons. The van der Waals surface area contributed by atoms with E-state index in [0.717, 1.165) is 10.8 Å². The number of thioether (sulfide) groups is 1. The Kier molecular flexibility index (Phi) is 6.33. The second-order valence-corrected chi connectivity index (χ2v) is 7.01. The lowest BCUT2D eigenvalue weighted by atomic mass is 9.94. The molecule has 0 atom stereocenters. The van der Waals surface area contributed by atoms with Gasteiger partial charge in [-0.3, -0.25) is 9.36 Å². The summed E-state index contributed by atoms with van der Waals surface area (Å²) in [5.74, 6) is 2.94. The van der Waals surface area contributed by atoms with Crippen molar-refractivity contribution in [3.63, 3.8) is 0 Å². The molecule has 0 saturated carbocycles. The predicted octanol–water partition coefficient (Wildman–Crippen LogP) is 3.89. The highest BCUT2D eigenvalue weighted by Crippen LogP contribution is 2.24. The summed E-state index contributed by atoms with van der Waals surface area (Å²) in [7, 11) is 0. The van der Waals surface area contributed by atoms with E-state index in [9.17, 15) is 4.79 Å². The number of carbonyl (C=O) groups is 1. The smallest absolute Gasteiger partial charge is 0.231 e. The molecule has 0 aliphatic carbocycles. The number of terminal acetylenes is 1. The average Bonchev–Trinajstić information content (AvgIpc) is 3.09. The van der Waals surface area contributed by atoms with Crippen molar-refractivity contribution in [2.45, 2.75) is 51.2 Å². The van der Waals surface area contributed by atoms with E-state index >= 15 is 0 Å². The summed E-state index contributed by atoms with van der Waals surface area (Å²) in [4.78, 5) is 16.7. The molecule has 0 spiro atoms. The van der Waals surface area contributed by atoms with Gasteiger partial charge in [0, 0.05) is 12.4 Å². The lowest BCUT2D eigenvalue weighted by Gasteiger charge is -2.26. The highest BCUT2D eigenvalue weighted by Gasteiger charge is 2.25. The number of aryl methyl sites for hydroxylation is 1. The van der Waals surface area contributed by atoms with Crippen molar-refractivity contribution in [1.29, 1.82) is 0 Å². The lowest BCUT2D eigenvalue weighted by Crippen LogP contribution is -2.47. The van der Waals surface area contributed by atoms with Crippen molar-refractivity contribution in [2.75, 3.05) is 5.75 Å². The van der Waals surface area contributed by atoms with Gasteiger partial charge in [-0.05, 0) is 43.9 Å². The number of hydrogen-bond acceptors (Lipinski definition) is 3. The van der Waals surface area contributed by atoms with Gasteiger partial charge in [0.25, 0.3) is 0 Å². The first-order valence-corrected chi connectivity index (χ1v) is 9.46. The molecule has 1 amide bonds. The number of benzene rings is 1. The van der Waals surface area contributed by atoms with Crippen LogP contribution in [0.5, 0.6) is 0 Å². The third kappa shape index (κ3) is 4.26. The van der Waals surface area contributed by atoms with Gasteiger partial charge in [0.2, 0.25) is 5.91 Å². The van der Waals surface area contributed by atoms with Crippen LogP contribution in [0.4, 0.5) is 0 Å². The number of nitrogens with zero attached hydrogens (tertiary/aromatic N) is 2. The first kappa shape index (κ1) is 19.1. The van der Waals surface area contributed by atoms with E-state index in [2.05, 4.69) is 42.2 Å². The molecular weight excluding hydrogens is 330 g/mol. The van der Waals surface area contributed by atoms with E-state index in [-0.39, 0.29) is 11.7 Å². The zero-order chi connectivity index (χ0) is 18.4. The van der Waals surface area contributed by atoms with Crippen LogP contribution in [0.1, 0.15) is 37.8 Å². The van der Waals surface area contributed by atoms with E-state index in [1.807, 2.05) is 30.7 Å². The van der Waals surface area contributed by atoms with Gasteiger partial charge >= 0.3 is 0 Å². The third-order valence-electron chi connectivity index (χ3n) is 4.64. The number of rotatable bonds is 7. The molecule has 0 unspecified atom stereocenters. The molecule has 2 rings (SSSR count). The van der Waals surface area contributed by atoms with Crippen molar-refractivity contribution in [2.24, 2.45) is 0 Å². The van der Waals surface area contributed by atoms with Gasteiger partial charge in [0.05, 0.1) is 11.4 Å². The van der Waals surface area contributed by atoms with Crippen molar-refractivity contribution >= 4 is 17.7 Å². The van der Waals surface area contributed by atoms with Crippen LogP contribution in [-0.4, -0.2) is 26.8 Å². The number of hydrogen-bond donors (Lipinski definition) is 1. The molecule has 4 nitrogen and oxygen atoms in total. The summed E-state index contributed by atoms with van der Waals surface area (Å²) in [5.41, 5.74) is 2.96. The lowest BCUT2D eigenvalue weighted by molar-refractivity contribution is -0.119. The van der Waals surface area contributed by atoms with Gasteiger partial charge in [0.1, 0.15) is 5.54 Å². The highest BCUT2D eigenvalue weighted by molar-refractivity contribution is 7.99. The van der Waals surface area contributed by atoms with Crippen molar-refractivity contribution in [3.8, 4) is 18.0 Å². The summed E-state index contributed by atoms with van der Waals surface area (Å²) < 4.78 is 2.02. The minimum absolute atomic E-state index is 0.0674. The second-order valence-electron chi connectivity index (χ2n) is 6.07. The van der Waals surface area contributed by atoms with Crippen molar-refractivity contribution in [1.82, 2.24) is 14.9 Å². The highest BCUT2D eigenvalue weighted by atomic mass is 32.2. The van der Waals surface area contributed by atoms with E-state index < -0.39 is 5.54 Å². The topological polar surface area (TPSA) is 46.9 Å². The molecule has 1 heterocycles. The van der Waals surface area contributed by atoms with Crippen LogP contribution in [0, 0.1) is 26.2 Å². The Bertz CT molecular complexity index is 784. The van der Waals surface area contributed by atoms with E-state index in [4.69, 9.17) is 6.42 Å². The molecule has 1 aromatic heterocycles. The third-order valence-corrected chi connectivity index (χ3v) is 5.60. The van der Waals surface area contributed by atoms with Crippen LogP contribution in [-0.2, 0) is 4.79 Å². The van der Waals surface area contributed by atoms with Gasteiger partial charge in [-0.1, -0.05) is 43.7 Å². The molecule has 0 radical (unpaired) electrons. The Balaban J connectivity index is 2.11. The van der Waals surface area contributed by atoms with Crippen LogP contribution in [0.2, 0.25) is 0 Å². The molecule has 0 bridgehead atoms. The fraction of sp³-hybridized carbons (Fsp3) is 0.400. The molecule has 0 fully saturated rings. The summed E-state index contributed by atoms with van der Waals surface area (Å²) in [6.07, 6.45) is 10.7. The molecular formula is C20H25N3OS. The van der Waals surface area contributed by atoms with Gasteiger partial charge in [0.15, 0.2) is 5.16 Å². The number of nitrogens with one attached hydrogen (secondary N) is 1. The minimum atomic E-state index is -0.555. The zero-order valence-electron chi connectivity index (χ0n) is 15.3. The fourth-order valence-electron chi connectivity index (χ4n) is 2.68. The SMILES string of the molecule is C#CC(CC)(CC)NC(=O)CSc1nccn1-c1cccc(C)c1C. The normalized spacial score (nSPS) is 11.2. The monoisotopic (exact) mass is 355 g/mol. The Morgan fingerprint density at radius 2 is 2.08 bits per heavy atom. The van der Waals surface area contributed by atoms with E-state index in [0.29, 0.717) is 12.8 Å². The van der Waals surface area contributed by atoms with Gasteiger partial charge < -0.3 is 5.32 Å². The van der Waals surface area contributed by atoms with Crippen molar-refractivity contribution < 1.29 is 4.79 Å². The van der Waals surface area contributed by atoms with Crippen LogP contribution in [0.15, 0.2) is 35.7 Å². The molecule has 25 heavy (non-hydrogen) atoms. The van der Waals surface area contributed by atoms with E-state index in [1.54, 1.807) is 6.20 Å². The molecule has 0 saturated heterocycles. The molecule has 0 aliphatic heterocycles. The quantitative estimate of drug-likeness (QED) is 0.605. The van der Waals surface area contributed by atoms with Gasteiger partial charge in [-0.15, -0.1) is 6.42 Å². The molecule has 0 aliphatic rings. The first-order valence-electron chi connectivity index (χ1n) is 8.48. The summed E-state index contributed by atoms with van der Waals surface area (Å²) >= 11 is 1.41. The van der Waals surface area contributed by atoms with Crippen LogP contribution in [0.3, 0.4) is 0 Å². The maximum absolute atomic E-state index is 12.3. The summed E-state index contributed by atoms with van der Waals surface area (Å²) in [5, 5.41) is 3.78. The van der Waals surface area contributed by atoms with E-state index in [1.165, 1.54) is 22.9 Å². The fourth-order valence-corrected chi connectivity index (χ4v) is 3.44. The molecule has 5 heteroatoms. The second kappa shape index (κ2) is 8.26. The largest absolute Gasteiger partial charge is 0.339 e. The van der Waals surface area contributed by atoms with Crippen molar-refractivity contribution in [3.05, 3.63) is 41.7 Å². The van der Waals surface area contributed by atoms with Crippen LogP contribution in [0.25, 0.3) is 5.69 Å². The Labute approximate surface area is 154 Å². The average molecular weight is 356 g/mol.